The van der Waals surface area contributed by atoms with Gasteiger partial charge in [0.2, 0.25) is 0 Å². The Balaban J connectivity index is 2.21. The lowest BCUT2D eigenvalue weighted by Crippen LogP contribution is -2.43. The molecule has 8 nitrogen and oxygen atoms in total. The molecule has 154 valence electrons. The number of ether oxygens (including phenoxy) is 5. The molecule has 0 aromatic heterocycles. The van der Waals surface area contributed by atoms with Crippen LogP contribution in [0.1, 0.15) is 19.4 Å². The highest BCUT2D eigenvalue weighted by Gasteiger charge is 2.41. The van der Waals surface area contributed by atoms with Gasteiger partial charge < -0.3 is 23.7 Å². The average Bonchev–Trinajstić information content (AvgIpc) is 3.08. The van der Waals surface area contributed by atoms with Crippen molar-refractivity contribution < 1.29 is 33.3 Å². The van der Waals surface area contributed by atoms with Gasteiger partial charge in [0.05, 0.1) is 26.4 Å². The lowest BCUT2D eigenvalue weighted by molar-refractivity contribution is -0.132. The number of benzene rings is 1. The van der Waals surface area contributed by atoms with Gasteiger partial charge in [0.25, 0.3) is 5.91 Å². The molecule has 1 aliphatic heterocycles. The van der Waals surface area contributed by atoms with Crippen LogP contribution >= 0.6 is 0 Å². The quantitative estimate of drug-likeness (QED) is 0.262. The molecule has 0 radical (unpaired) electrons. The normalized spacial score (nSPS) is 17.0. The summed E-state index contributed by atoms with van der Waals surface area (Å²) in [4.78, 5) is 26.3. The fraction of sp³-hybridized carbons (Fsp3) is 0.500. The Morgan fingerprint density at radius 1 is 1.25 bits per heavy atom. The summed E-state index contributed by atoms with van der Waals surface area (Å²) in [5, 5.41) is 0. The molecule has 1 atom stereocenters. The van der Waals surface area contributed by atoms with Crippen molar-refractivity contribution in [3.8, 4) is 5.75 Å². The van der Waals surface area contributed by atoms with Crippen LogP contribution in [0.5, 0.6) is 5.75 Å². The molecule has 1 heterocycles. The third-order valence-electron chi connectivity index (χ3n) is 4.25. The van der Waals surface area contributed by atoms with E-state index in [9.17, 15) is 9.59 Å². The molecule has 2 amide bonds. The van der Waals surface area contributed by atoms with Crippen molar-refractivity contribution in [1.29, 1.82) is 0 Å². The third kappa shape index (κ3) is 5.71. The summed E-state index contributed by atoms with van der Waals surface area (Å²) in [6.45, 7) is 4.60. The fourth-order valence-electron chi connectivity index (χ4n) is 2.60. The van der Waals surface area contributed by atoms with Crippen LogP contribution in [0.4, 0.5) is 4.79 Å². The Labute approximate surface area is 164 Å². The molecule has 0 spiro atoms. The highest BCUT2D eigenvalue weighted by molar-refractivity contribution is 6.04. The minimum Gasteiger partial charge on any atom is -0.497 e. The summed E-state index contributed by atoms with van der Waals surface area (Å²) in [6.07, 6.45) is 0.887. The van der Waals surface area contributed by atoms with Gasteiger partial charge in [-0.25, -0.2) is 9.69 Å². The second-order valence-electron chi connectivity index (χ2n) is 6.51. The van der Waals surface area contributed by atoms with E-state index in [1.165, 1.54) is 0 Å². The maximum atomic E-state index is 13.0. The summed E-state index contributed by atoms with van der Waals surface area (Å²) in [6, 6.07) is 6.75. The third-order valence-corrected chi connectivity index (χ3v) is 4.25. The summed E-state index contributed by atoms with van der Waals surface area (Å²) in [5.74, 6) is 0.173. The van der Waals surface area contributed by atoms with Crippen molar-refractivity contribution in [3.63, 3.8) is 0 Å². The lowest BCUT2D eigenvalue weighted by Gasteiger charge is -2.23. The number of cyclic esters (lactones) is 1. The minimum atomic E-state index is -0.673. The molecule has 28 heavy (non-hydrogen) atoms. The first-order chi connectivity index (χ1) is 13.5. The second kappa shape index (κ2) is 10.7. The van der Waals surface area contributed by atoms with Crippen LogP contribution in [0.15, 0.2) is 30.0 Å². The molecule has 0 unspecified atom stereocenters. The number of hydrogen-bond donors (Lipinski definition) is 0. The Kier molecular flexibility index (Phi) is 8.28. The number of nitrogens with zero attached hydrogens (tertiary/aromatic N) is 1. The van der Waals surface area contributed by atoms with Crippen LogP contribution in [-0.4, -0.2) is 63.8 Å². The number of methoxy groups -OCH3 is 2. The molecule has 1 saturated heterocycles. The Morgan fingerprint density at radius 3 is 2.57 bits per heavy atom. The fourth-order valence-corrected chi connectivity index (χ4v) is 2.60. The molecular weight excluding hydrogens is 366 g/mol. The molecule has 1 aromatic carbocycles. The Morgan fingerprint density at radius 2 is 1.96 bits per heavy atom. The van der Waals surface area contributed by atoms with E-state index in [4.69, 9.17) is 23.7 Å². The van der Waals surface area contributed by atoms with Gasteiger partial charge in [-0.1, -0.05) is 26.0 Å². The maximum Gasteiger partial charge on any atom is 0.417 e. The highest BCUT2D eigenvalue weighted by Crippen LogP contribution is 2.23. The Bertz CT molecular complexity index is 684. The topological polar surface area (TPSA) is 83.5 Å². The molecule has 0 bridgehead atoms. The summed E-state index contributed by atoms with van der Waals surface area (Å²) in [5.41, 5.74) is 0.717. The number of carbonyl (C=O) groups excluding carboxylic acids is 2. The first kappa shape index (κ1) is 21.7. The molecule has 2 rings (SSSR count). The van der Waals surface area contributed by atoms with Crippen molar-refractivity contribution in [2.45, 2.75) is 19.9 Å². The Hall–Kier alpha value is -2.58. The van der Waals surface area contributed by atoms with Crippen LogP contribution in [-0.2, 0) is 23.7 Å². The van der Waals surface area contributed by atoms with E-state index >= 15 is 0 Å². The van der Waals surface area contributed by atoms with Crippen molar-refractivity contribution in [2.24, 2.45) is 5.92 Å². The summed E-state index contributed by atoms with van der Waals surface area (Å²) >= 11 is 0. The number of carbonyl (C=O) groups is 2. The number of amides is 2. The number of rotatable bonds is 10. The van der Waals surface area contributed by atoms with Crippen molar-refractivity contribution in [3.05, 3.63) is 35.6 Å². The summed E-state index contributed by atoms with van der Waals surface area (Å²) < 4.78 is 26.0. The summed E-state index contributed by atoms with van der Waals surface area (Å²) in [7, 11) is 3.14. The molecule has 0 aliphatic carbocycles. The van der Waals surface area contributed by atoms with Gasteiger partial charge in [0.1, 0.15) is 12.4 Å². The van der Waals surface area contributed by atoms with Gasteiger partial charge in [-0.2, -0.15) is 0 Å². The predicted molar refractivity (Wildman–Crippen MR) is 102 cm³/mol. The molecule has 1 aliphatic rings. The molecule has 8 heteroatoms. The van der Waals surface area contributed by atoms with Crippen molar-refractivity contribution >= 4 is 18.1 Å². The molecule has 1 aromatic rings. The van der Waals surface area contributed by atoms with E-state index in [1.807, 2.05) is 13.8 Å². The monoisotopic (exact) mass is 393 g/mol. The van der Waals surface area contributed by atoms with E-state index in [-0.39, 0.29) is 31.1 Å². The van der Waals surface area contributed by atoms with Crippen LogP contribution in [0.25, 0.3) is 6.08 Å². The number of imide groups is 1. The van der Waals surface area contributed by atoms with E-state index in [0.717, 1.165) is 10.5 Å². The van der Waals surface area contributed by atoms with Crippen molar-refractivity contribution in [2.75, 3.05) is 40.8 Å². The van der Waals surface area contributed by atoms with Gasteiger partial charge in [0.15, 0.2) is 12.6 Å². The van der Waals surface area contributed by atoms with E-state index in [0.29, 0.717) is 19.0 Å². The zero-order valence-electron chi connectivity index (χ0n) is 16.7. The zero-order valence-corrected chi connectivity index (χ0v) is 16.7. The van der Waals surface area contributed by atoms with Gasteiger partial charge in [-0.3, -0.25) is 4.79 Å². The van der Waals surface area contributed by atoms with Crippen LogP contribution in [0, 0.1) is 5.92 Å². The van der Waals surface area contributed by atoms with Gasteiger partial charge in [-0.05, 0) is 29.7 Å². The van der Waals surface area contributed by atoms with Crippen LogP contribution < -0.4 is 4.74 Å². The molecule has 1 fully saturated rings. The minimum absolute atomic E-state index is 0.00733. The lowest BCUT2D eigenvalue weighted by atomic mass is 10.0. The van der Waals surface area contributed by atoms with Crippen LogP contribution in [0.3, 0.4) is 0 Å². The predicted octanol–water partition coefficient (Wildman–Crippen LogP) is 2.68. The standard InChI is InChI=1S/C20H27NO7/c1-14(2)17-12-27-20(23)21(17)19(22)18(28-13-26-10-9-24-3)11-15-5-7-16(25-4)8-6-15/h5-8,11,14,17H,9-10,12-13H2,1-4H3/b18-11+/t17-/m1/s1. The van der Waals surface area contributed by atoms with E-state index in [1.54, 1.807) is 44.6 Å². The molecular formula is C20H27NO7. The zero-order chi connectivity index (χ0) is 20.5. The van der Waals surface area contributed by atoms with Gasteiger partial charge in [-0.15, -0.1) is 0 Å². The average molecular weight is 393 g/mol. The van der Waals surface area contributed by atoms with E-state index < -0.39 is 12.0 Å². The molecule has 0 saturated carbocycles. The number of hydrogen-bond acceptors (Lipinski definition) is 7. The molecule has 0 N–H and O–H groups in total. The first-order valence-electron chi connectivity index (χ1n) is 9.03. The van der Waals surface area contributed by atoms with Crippen molar-refractivity contribution in [1.82, 2.24) is 4.90 Å². The second-order valence-corrected chi connectivity index (χ2v) is 6.51. The van der Waals surface area contributed by atoms with E-state index in [2.05, 4.69) is 0 Å². The maximum absolute atomic E-state index is 13.0. The highest BCUT2D eigenvalue weighted by atomic mass is 16.7. The largest absolute Gasteiger partial charge is 0.497 e. The van der Waals surface area contributed by atoms with Gasteiger partial charge in [0, 0.05) is 7.11 Å². The van der Waals surface area contributed by atoms with Crippen LogP contribution in [0.2, 0.25) is 0 Å². The first-order valence-corrected chi connectivity index (χ1v) is 9.03. The smallest absolute Gasteiger partial charge is 0.417 e. The SMILES string of the molecule is COCCOCO/C(=C/c1ccc(OC)cc1)C(=O)N1C(=O)OC[C@@H]1C(C)C. The van der Waals surface area contributed by atoms with Gasteiger partial charge >= 0.3 is 6.09 Å².